The highest BCUT2D eigenvalue weighted by molar-refractivity contribution is 7.80. The lowest BCUT2D eigenvalue weighted by molar-refractivity contribution is -0.385. The number of thiocarbonyl (C=S) groups is 1. The van der Waals surface area contributed by atoms with E-state index in [0.717, 1.165) is 16.8 Å². The highest BCUT2D eigenvalue weighted by atomic mass is 32.1. The first-order valence-electron chi connectivity index (χ1n) is 11.0. The molecule has 1 aromatic heterocycles. The zero-order valence-electron chi connectivity index (χ0n) is 19.7. The number of aromatic nitrogens is 3. The van der Waals surface area contributed by atoms with E-state index in [1.165, 1.54) is 23.8 Å². The molecule has 9 nitrogen and oxygen atoms in total. The van der Waals surface area contributed by atoms with Crippen molar-refractivity contribution in [2.75, 3.05) is 5.32 Å². The number of rotatable bonds is 5. The summed E-state index contributed by atoms with van der Waals surface area (Å²) in [4.78, 5) is 24.8. The molecule has 0 saturated heterocycles. The van der Waals surface area contributed by atoms with Gasteiger partial charge in [-0.15, -0.1) is 10.2 Å². The third kappa shape index (κ3) is 5.17. The van der Waals surface area contributed by atoms with Crippen molar-refractivity contribution >= 4 is 45.6 Å². The standard InChI is InChI=1S/C25H24N6O3S/c1-14(2)17-7-9-19(10-8-17)30-28-21-11-16(4)20(13-22(21)29-30)26-25(35)27-24(32)18-6-5-15(3)23(12-18)31(33)34/h5-14H,1-4H3,(H2,26,27,32,35). The highest BCUT2D eigenvalue weighted by Crippen LogP contribution is 2.23. The Bertz CT molecular complexity index is 1460. The Balaban J connectivity index is 1.51. The zero-order chi connectivity index (χ0) is 25.3. The molecule has 0 aliphatic heterocycles. The van der Waals surface area contributed by atoms with Crippen LogP contribution in [0.2, 0.25) is 0 Å². The van der Waals surface area contributed by atoms with E-state index in [9.17, 15) is 14.9 Å². The number of nitro groups is 1. The van der Waals surface area contributed by atoms with E-state index in [4.69, 9.17) is 12.2 Å². The van der Waals surface area contributed by atoms with Gasteiger partial charge in [-0.25, -0.2) is 0 Å². The van der Waals surface area contributed by atoms with Crippen molar-refractivity contribution in [1.29, 1.82) is 0 Å². The van der Waals surface area contributed by atoms with Crippen molar-refractivity contribution in [2.24, 2.45) is 0 Å². The van der Waals surface area contributed by atoms with E-state index in [1.807, 2.05) is 31.2 Å². The molecular formula is C25H24N6O3S. The van der Waals surface area contributed by atoms with Crippen LogP contribution in [-0.4, -0.2) is 30.9 Å². The molecule has 2 N–H and O–H groups in total. The minimum absolute atomic E-state index is 0.0670. The Hall–Kier alpha value is -4.18. The maximum Gasteiger partial charge on any atom is 0.273 e. The van der Waals surface area contributed by atoms with Crippen LogP contribution in [0.5, 0.6) is 0 Å². The summed E-state index contributed by atoms with van der Waals surface area (Å²) in [6.45, 7) is 7.79. The van der Waals surface area contributed by atoms with Crippen LogP contribution < -0.4 is 10.6 Å². The van der Waals surface area contributed by atoms with E-state index in [-0.39, 0.29) is 16.4 Å². The maximum absolute atomic E-state index is 12.6. The fraction of sp³-hybridized carbons (Fsp3) is 0.200. The van der Waals surface area contributed by atoms with Gasteiger partial charge in [0.2, 0.25) is 0 Å². The summed E-state index contributed by atoms with van der Waals surface area (Å²) >= 11 is 5.30. The van der Waals surface area contributed by atoms with Crippen LogP contribution in [-0.2, 0) is 0 Å². The predicted octanol–water partition coefficient (Wildman–Crippen LogP) is 5.20. The number of carbonyl (C=O) groups excluding carboxylic acids is 1. The number of aryl methyl sites for hydroxylation is 2. The van der Waals surface area contributed by atoms with Crippen molar-refractivity contribution in [1.82, 2.24) is 20.3 Å². The Morgan fingerprint density at radius 1 is 1.00 bits per heavy atom. The molecule has 0 spiro atoms. The summed E-state index contributed by atoms with van der Waals surface area (Å²) in [5, 5.41) is 26.0. The average molecular weight is 489 g/mol. The van der Waals surface area contributed by atoms with Crippen LogP contribution in [0, 0.1) is 24.0 Å². The summed E-state index contributed by atoms with van der Waals surface area (Å²) in [5.74, 6) is -0.101. The number of nitrogens with one attached hydrogen (secondary N) is 2. The predicted molar refractivity (Wildman–Crippen MR) is 139 cm³/mol. The van der Waals surface area contributed by atoms with Crippen LogP contribution >= 0.6 is 12.2 Å². The van der Waals surface area contributed by atoms with Crippen LogP contribution in [0.3, 0.4) is 0 Å². The van der Waals surface area contributed by atoms with E-state index in [2.05, 4.69) is 46.8 Å². The Kier molecular flexibility index (Phi) is 6.57. The van der Waals surface area contributed by atoms with Gasteiger partial charge in [0.15, 0.2) is 5.11 Å². The fourth-order valence-electron chi connectivity index (χ4n) is 3.59. The summed E-state index contributed by atoms with van der Waals surface area (Å²) in [6, 6.07) is 16.1. The van der Waals surface area contributed by atoms with Gasteiger partial charge in [-0.05, 0) is 73.4 Å². The third-order valence-electron chi connectivity index (χ3n) is 5.66. The average Bonchev–Trinajstić information content (AvgIpc) is 3.22. The number of benzene rings is 3. The molecule has 1 amide bonds. The molecule has 0 fully saturated rings. The van der Waals surface area contributed by atoms with Crippen LogP contribution in [0.15, 0.2) is 54.6 Å². The number of amides is 1. The molecule has 0 bridgehead atoms. The van der Waals surface area contributed by atoms with Gasteiger partial charge in [0.1, 0.15) is 11.0 Å². The molecule has 0 unspecified atom stereocenters. The van der Waals surface area contributed by atoms with Gasteiger partial charge in [-0.1, -0.05) is 32.0 Å². The molecule has 10 heteroatoms. The highest BCUT2D eigenvalue weighted by Gasteiger charge is 2.16. The van der Waals surface area contributed by atoms with Crippen LogP contribution in [0.25, 0.3) is 16.7 Å². The molecule has 0 aliphatic rings. The van der Waals surface area contributed by atoms with Gasteiger partial charge in [0.05, 0.1) is 10.6 Å². The van der Waals surface area contributed by atoms with Crippen molar-refractivity contribution in [2.45, 2.75) is 33.6 Å². The first-order valence-corrected chi connectivity index (χ1v) is 11.4. The Labute approximate surface area is 207 Å². The number of nitro benzene ring substituents is 1. The molecule has 0 saturated carbocycles. The normalized spacial score (nSPS) is 11.0. The lowest BCUT2D eigenvalue weighted by atomic mass is 10.0. The molecular weight excluding hydrogens is 464 g/mol. The molecule has 0 aliphatic carbocycles. The van der Waals surface area contributed by atoms with Gasteiger partial charge >= 0.3 is 0 Å². The van der Waals surface area contributed by atoms with Crippen molar-refractivity contribution in [3.05, 3.63) is 87.0 Å². The zero-order valence-corrected chi connectivity index (χ0v) is 20.5. The Morgan fingerprint density at radius 2 is 1.66 bits per heavy atom. The van der Waals surface area contributed by atoms with Gasteiger partial charge in [0, 0.05) is 22.9 Å². The topological polar surface area (TPSA) is 115 Å². The SMILES string of the molecule is Cc1cc2nn(-c3ccc(C(C)C)cc3)nc2cc1NC(=S)NC(=O)c1ccc(C)c([N+](=O)[O-])c1. The molecule has 0 radical (unpaired) electrons. The summed E-state index contributed by atoms with van der Waals surface area (Å²) in [7, 11) is 0. The lowest BCUT2D eigenvalue weighted by Gasteiger charge is -2.12. The fourth-order valence-corrected chi connectivity index (χ4v) is 3.79. The molecule has 178 valence electrons. The number of anilines is 1. The first-order chi connectivity index (χ1) is 16.6. The second kappa shape index (κ2) is 9.59. The van der Waals surface area contributed by atoms with Gasteiger partial charge in [0.25, 0.3) is 11.6 Å². The molecule has 4 rings (SSSR count). The lowest BCUT2D eigenvalue weighted by Crippen LogP contribution is -2.34. The van der Waals surface area contributed by atoms with E-state index in [1.54, 1.807) is 11.7 Å². The van der Waals surface area contributed by atoms with Crippen LogP contribution in [0.4, 0.5) is 11.4 Å². The monoisotopic (exact) mass is 488 g/mol. The van der Waals surface area contributed by atoms with E-state index < -0.39 is 10.8 Å². The van der Waals surface area contributed by atoms with Gasteiger partial charge < -0.3 is 5.32 Å². The smallest absolute Gasteiger partial charge is 0.273 e. The molecule has 1 heterocycles. The van der Waals surface area contributed by atoms with Gasteiger partial charge in [-0.3, -0.25) is 20.2 Å². The largest absolute Gasteiger partial charge is 0.332 e. The number of fused-ring (bicyclic) bond motifs is 1. The quantitative estimate of drug-likeness (QED) is 0.225. The van der Waals surface area contributed by atoms with Gasteiger partial charge in [-0.2, -0.15) is 4.80 Å². The molecule has 4 aromatic rings. The number of hydrogen-bond donors (Lipinski definition) is 2. The summed E-state index contributed by atoms with van der Waals surface area (Å²) in [5.41, 5.74) is 5.50. The summed E-state index contributed by atoms with van der Waals surface area (Å²) < 4.78 is 0. The number of hydrogen-bond acceptors (Lipinski definition) is 6. The van der Waals surface area contributed by atoms with Crippen molar-refractivity contribution in [3.63, 3.8) is 0 Å². The molecule has 0 atom stereocenters. The second-order valence-electron chi connectivity index (χ2n) is 8.56. The molecule has 3 aromatic carbocycles. The second-order valence-corrected chi connectivity index (χ2v) is 8.97. The maximum atomic E-state index is 12.6. The van der Waals surface area contributed by atoms with Crippen molar-refractivity contribution < 1.29 is 9.72 Å². The van der Waals surface area contributed by atoms with Crippen LogP contribution in [0.1, 0.15) is 46.8 Å². The van der Waals surface area contributed by atoms with E-state index >= 15 is 0 Å². The third-order valence-corrected chi connectivity index (χ3v) is 5.86. The van der Waals surface area contributed by atoms with E-state index in [0.29, 0.717) is 22.7 Å². The minimum Gasteiger partial charge on any atom is -0.332 e. The minimum atomic E-state index is -0.542. The number of carbonyl (C=O) groups is 1. The first kappa shape index (κ1) is 24.0. The Morgan fingerprint density at radius 3 is 2.29 bits per heavy atom. The molecule has 35 heavy (non-hydrogen) atoms. The van der Waals surface area contributed by atoms with Crippen molar-refractivity contribution in [3.8, 4) is 5.69 Å². The summed E-state index contributed by atoms with van der Waals surface area (Å²) in [6.07, 6.45) is 0. The number of nitrogens with zero attached hydrogens (tertiary/aromatic N) is 4.